The van der Waals surface area contributed by atoms with Gasteiger partial charge in [-0.3, -0.25) is 14.6 Å². The van der Waals surface area contributed by atoms with E-state index in [1.165, 1.54) is 11.1 Å². The van der Waals surface area contributed by atoms with Gasteiger partial charge in [-0.15, -0.1) is 0 Å². The van der Waals surface area contributed by atoms with E-state index in [1.54, 1.807) is 67.8 Å². The molecule has 240 valence electrons. The van der Waals surface area contributed by atoms with Crippen molar-refractivity contribution in [2.75, 3.05) is 44.7 Å². The maximum atomic E-state index is 13.6. The summed E-state index contributed by atoms with van der Waals surface area (Å²) in [5.41, 5.74) is 3.41. The van der Waals surface area contributed by atoms with Gasteiger partial charge in [0.25, 0.3) is 5.91 Å². The summed E-state index contributed by atoms with van der Waals surface area (Å²) in [6.45, 7) is 14.5. The third-order valence-electron chi connectivity index (χ3n) is 7.26. The molecule has 1 heterocycles. The molecule has 44 heavy (non-hydrogen) atoms. The first-order chi connectivity index (χ1) is 20.7. The van der Waals surface area contributed by atoms with Gasteiger partial charge in [0.2, 0.25) is 5.91 Å². The van der Waals surface area contributed by atoms with Crippen LogP contribution in [0.4, 0.5) is 10.5 Å². The lowest BCUT2D eigenvalue weighted by Crippen LogP contribution is -2.49. The van der Waals surface area contributed by atoms with Crippen molar-refractivity contribution in [1.29, 1.82) is 0 Å². The van der Waals surface area contributed by atoms with E-state index in [0.29, 0.717) is 24.3 Å². The highest BCUT2D eigenvalue weighted by molar-refractivity contribution is 5.92. The standard InChI is InChI=1S/C33H47N5O6/c1-9-43-31(41)25-15-14-24(4)28(18-25)36(22-30(40)35(8)37-19-26-12-10-11-13-27(26)20-37)21-29(39)34-16-17-38(23(2)3)32(42)44-33(5,6)7/h10-15,18,23H,9,16-17,19-22H2,1-8H3,(H,34,39). The van der Waals surface area contributed by atoms with Crippen LogP contribution < -0.4 is 10.2 Å². The molecule has 0 saturated carbocycles. The van der Waals surface area contributed by atoms with Crippen LogP contribution >= 0.6 is 0 Å². The number of esters is 1. The van der Waals surface area contributed by atoms with E-state index < -0.39 is 17.7 Å². The first-order valence-electron chi connectivity index (χ1n) is 15.1. The topological polar surface area (TPSA) is 112 Å². The van der Waals surface area contributed by atoms with Crippen molar-refractivity contribution in [1.82, 2.24) is 20.2 Å². The SMILES string of the molecule is CCOC(=O)c1ccc(C)c(N(CC(=O)NCCN(C(=O)OC(C)(C)C)C(C)C)CC(=O)N(C)N2Cc3ccccc3C2)c1. The van der Waals surface area contributed by atoms with Crippen molar-refractivity contribution in [3.05, 3.63) is 64.7 Å². The van der Waals surface area contributed by atoms with Gasteiger partial charge in [0.1, 0.15) is 5.60 Å². The molecule has 0 radical (unpaired) electrons. The van der Waals surface area contributed by atoms with Gasteiger partial charge in [0.15, 0.2) is 0 Å². The molecule has 0 aliphatic carbocycles. The van der Waals surface area contributed by atoms with Crippen LogP contribution in [-0.4, -0.2) is 90.3 Å². The molecule has 0 fully saturated rings. The number of anilines is 1. The van der Waals surface area contributed by atoms with E-state index in [4.69, 9.17) is 9.47 Å². The third-order valence-corrected chi connectivity index (χ3v) is 7.26. The molecule has 1 N–H and O–H groups in total. The third kappa shape index (κ3) is 9.44. The van der Waals surface area contributed by atoms with Crippen molar-refractivity contribution in [3.8, 4) is 0 Å². The smallest absolute Gasteiger partial charge is 0.410 e. The minimum absolute atomic E-state index is 0.0973. The van der Waals surface area contributed by atoms with Gasteiger partial charge >= 0.3 is 12.1 Å². The zero-order valence-corrected chi connectivity index (χ0v) is 27.3. The first-order valence-corrected chi connectivity index (χ1v) is 15.1. The molecule has 11 nitrogen and oxygen atoms in total. The number of aryl methyl sites for hydroxylation is 1. The molecule has 3 rings (SSSR count). The number of carbonyl (C=O) groups is 4. The highest BCUT2D eigenvalue weighted by Gasteiger charge is 2.28. The Kier molecular flexibility index (Phi) is 11.8. The summed E-state index contributed by atoms with van der Waals surface area (Å²) in [7, 11) is 1.73. The molecule has 0 saturated heterocycles. The number of fused-ring (bicyclic) bond motifs is 1. The molecular formula is C33H47N5O6. The zero-order chi connectivity index (χ0) is 32.6. The van der Waals surface area contributed by atoms with Gasteiger partial charge in [-0.05, 0) is 77.3 Å². The largest absolute Gasteiger partial charge is 0.462 e. The van der Waals surface area contributed by atoms with Gasteiger partial charge in [0.05, 0.1) is 25.3 Å². The van der Waals surface area contributed by atoms with E-state index in [0.717, 1.165) is 5.56 Å². The summed E-state index contributed by atoms with van der Waals surface area (Å²) in [6, 6.07) is 13.0. The molecule has 0 spiro atoms. The number of amides is 3. The molecule has 2 aromatic carbocycles. The monoisotopic (exact) mass is 609 g/mol. The number of nitrogens with zero attached hydrogens (tertiary/aromatic N) is 4. The Morgan fingerprint density at radius 2 is 1.64 bits per heavy atom. The van der Waals surface area contributed by atoms with Gasteiger partial charge in [-0.25, -0.2) is 14.6 Å². The number of hydrazine groups is 1. The van der Waals surface area contributed by atoms with E-state index in [-0.39, 0.29) is 50.6 Å². The average molecular weight is 610 g/mol. The van der Waals surface area contributed by atoms with E-state index in [9.17, 15) is 19.2 Å². The molecule has 1 aliphatic rings. The maximum Gasteiger partial charge on any atom is 0.410 e. The van der Waals surface area contributed by atoms with Crippen molar-refractivity contribution in [2.24, 2.45) is 0 Å². The molecule has 0 atom stereocenters. The lowest BCUT2D eigenvalue weighted by atomic mass is 10.1. The minimum Gasteiger partial charge on any atom is -0.462 e. The van der Waals surface area contributed by atoms with Crippen molar-refractivity contribution >= 4 is 29.6 Å². The summed E-state index contributed by atoms with van der Waals surface area (Å²) in [4.78, 5) is 55.3. The summed E-state index contributed by atoms with van der Waals surface area (Å²) in [6.07, 6.45) is -0.451. The number of likely N-dealkylation sites (N-methyl/N-ethyl adjacent to an activating group) is 1. The van der Waals surface area contributed by atoms with Gasteiger partial charge in [-0.1, -0.05) is 30.3 Å². The molecule has 3 amide bonds. The van der Waals surface area contributed by atoms with Gasteiger partial charge < -0.3 is 24.6 Å². The summed E-state index contributed by atoms with van der Waals surface area (Å²) in [5.74, 6) is -1.02. The van der Waals surface area contributed by atoms with Crippen molar-refractivity contribution in [2.45, 2.75) is 73.2 Å². The molecule has 1 aliphatic heterocycles. The lowest BCUT2D eigenvalue weighted by Gasteiger charge is -2.32. The Bertz CT molecular complexity index is 1310. The number of nitrogens with one attached hydrogen (secondary N) is 1. The van der Waals surface area contributed by atoms with E-state index >= 15 is 0 Å². The number of rotatable bonds is 12. The predicted molar refractivity (Wildman–Crippen MR) is 169 cm³/mol. The Morgan fingerprint density at radius 1 is 1.00 bits per heavy atom. The van der Waals surface area contributed by atoms with Crippen molar-refractivity contribution < 1.29 is 28.7 Å². The molecule has 11 heteroatoms. The Balaban J connectivity index is 1.75. The first kappa shape index (κ1) is 34.4. The fourth-order valence-electron chi connectivity index (χ4n) is 4.89. The van der Waals surface area contributed by atoms with Crippen LogP contribution in [0.3, 0.4) is 0 Å². The number of ether oxygens (including phenoxy) is 2. The van der Waals surface area contributed by atoms with Crippen LogP contribution in [-0.2, 0) is 32.2 Å². The second kappa shape index (κ2) is 15.1. The summed E-state index contributed by atoms with van der Waals surface area (Å²) >= 11 is 0. The maximum absolute atomic E-state index is 13.6. The summed E-state index contributed by atoms with van der Waals surface area (Å²) < 4.78 is 10.7. The molecule has 0 unspecified atom stereocenters. The number of hydrogen-bond acceptors (Lipinski definition) is 8. The highest BCUT2D eigenvalue weighted by atomic mass is 16.6. The van der Waals surface area contributed by atoms with Gasteiger partial charge in [0, 0.05) is 45.0 Å². The average Bonchev–Trinajstić information content (AvgIpc) is 3.38. The molecule has 2 aromatic rings. The quantitative estimate of drug-likeness (QED) is 0.358. The summed E-state index contributed by atoms with van der Waals surface area (Å²) in [5, 5.41) is 6.43. The van der Waals surface area contributed by atoms with E-state index in [2.05, 4.69) is 17.4 Å². The normalized spacial score (nSPS) is 12.8. The number of hydrogen-bond donors (Lipinski definition) is 1. The van der Waals surface area contributed by atoms with Crippen LogP contribution in [0.15, 0.2) is 42.5 Å². The second-order valence-electron chi connectivity index (χ2n) is 12.2. The van der Waals surface area contributed by atoms with Gasteiger partial charge in [-0.2, -0.15) is 0 Å². The Labute approximate surface area is 261 Å². The van der Waals surface area contributed by atoms with Crippen LogP contribution in [0.2, 0.25) is 0 Å². The minimum atomic E-state index is -0.637. The van der Waals surface area contributed by atoms with Crippen molar-refractivity contribution in [3.63, 3.8) is 0 Å². The second-order valence-corrected chi connectivity index (χ2v) is 12.2. The van der Waals surface area contributed by atoms with Crippen LogP contribution in [0.1, 0.15) is 68.6 Å². The predicted octanol–water partition coefficient (Wildman–Crippen LogP) is 4.13. The zero-order valence-electron chi connectivity index (χ0n) is 27.3. The highest BCUT2D eigenvalue weighted by Crippen LogP contribution is 2.25. The molecule has 0 aromatic heterocycles. The molecule has 0 bridgehead atoms. The van der Waals surface area contributed by atoms with E-state index in [1.807, 2.05) is 37.9 Å². The fraction of sp³-hybridized carbons (Fsp3) is 0.515. The van der Waals surface area contributed by atoms with Crippen LogP contribution in [0, 0.1) is 6.92 Å². The number of carbonyl (C=O) groups excluding carboxylic acids is 4. The Morgan fingerprint density at radius 3 is 2.20 bits per heavy atom. The Hall–Kier alpha value is -4.12. The fourth-order valence-corrected chi connectivity index (χ4v) is 4.89. The lowest BCUT2D eigenvalue weighted by molar-refractivity contribution is -0.145. The molecular weight excluding hydrogens is 562 g/mol. The number of benzene rings is 2. The van der Waals surface area contributed by atoms with Crippen LogP contribution in [0.5, 0.6) is 0 Å². The van der Waals surface area contributed by atoms with Crippen LogP contribution in [0.25, 0.3) is 0 Å².